The molecule has 1 heterocycles. The van der Waals surface area contributed by atoms with Gasteiger partial charge in [0.05, 0.1) is 12.7 Å². The molecule has 0 aliphatic carbocycles. The molecule has 1 aliphatic rings. The van der Waals surface area contributed by atoms with E-state index < -0.39 is 5.60 Å². The fourth-order valence-electron chi connectivity index (χ4n) is 2.39. The molecule has 1 aliphatic heterocycles. The molecule has 2 rings (SSSR count). The van der Waals surface area contributed by atoms with Crippen LogP contribution in [-0.4, -0.2) is 44.6 Å². The molecule has 0 atom stereocenters. The minimum Gasteiger partial charge on any atom is -0.497 e. The summed E-state index contributed by atoms with van der Waals surface area (Å²) in [5.41, 5.74) is 6.75. The van der Waals surface area contributed by atoms with Crippen molar-refractivity contribution >= 4 is 11.4 Å². The average molecular weight is 266 g/mol. The lowest BCUT2D eigenvalue weighted by Crippen LogP contribution is -2.45. The normalized spacial score (nSPS) is 18.1. The van der Waals surface area contributed by atoms with Crippen LogP contribution in [0.25, 0.3) is 0 Å². The van der Waals surface area contributed by atoms with Crippen molar-refractivity contribution in [3.8, 4) is 5.75 Å². The smallest absolute Gasteiger partial charge is 0.122 e. The molecule has 1 fully saturated rings. The van der Waals surface area contributed by atoms with Crippen LogP contribution in [0.15, 0.2) is 18.2 Å². The predicted molar refractivity (Wildman–Crippen MR) is 75.7 cm³/mol. The molecule has 0 aromatic heterocycles. The lowest BCUT2D eigenvalue weighted by Gasteiger charge is -2.36. The number of rotatable bonds is 4. The van der Waals surface area contributed by atoms with E-state index in [9.17, 15) is 5.11 Å². The number of benzene rings is 1. The minimum atomic E-state index is -0.690. The van der Waals surface area contributed by atoms with Crippen molar-refractivity contribution in [3.05, 3.63) is 18.2 Å². The zero-order valence-electron chi connectivity index (χ0n) is 11.6. The van der Waals surface area contributed by atoms with E-state index in [1.54, 1.807) is 13.2 Å². The fourth-order valence-corrected chi connectivity index (χ4v) is 2.39. The maximum absolute atomic E-state index is 10.5. The number of nitrogens with zero attached hydrogens (tertiary/aromatic N) is 1. The van der Waals surface area contributed by atoms with Crippen LogP contribution in [-0.2, 0) is 4.74 Å². The molecule has 0 saturated carbocycles. The Morgan fingerprint density at radius 1 is 1.37 bits per heavy atom. The summed E-state index contributed by atoms with van der Waals surface area (Å²) in [4.78, 5) is 2.00. The van der Waals surface area contributed by atoms with Gasteiger partial charge in [-0.1, -0.05) is 0 Å². The second kappa shape index (κ2) is 5.67. The number of nitrogen functional groups attached to an aromatic ring is 1. The van der Waals surface area contributed by atoms with Crippen LogP contribution >= 0.6 is 0 Å². The summed E-state index contributed by atoms with van der Waals surface area (Å²) in [6.45, 7) is 1.79. The number of hydrogen-bond acceptors (Lipinski definition) is 5. The average Bonchev–Trinajstić information content (AvgIpc) is 2.38. The van der Waals surface area contributed by atoms with Crippen molar-refractivity contribution in [2.75, 3.05) is 44.5 Å². The van der Waals surface area contributed by atoms with E-state index in [4.69, 9.17) is 15.2 Å². The number of hydrogen-bond donors (Lipinski definition) is 2. The molecule has 0 spiro atoms. The Balaban J connectivity index is 2.10. The van der Waals surface area contributed by atoms with E-state index in [1.165, 1.54) is 0 Å². The number of anilines is 2. The summed E-state index contributed by atoms with van der Waals surface area (Å²) < 4.78 is 10.5. The van der Waals surface area contributed by atoms with Crippen LogP contribution in [0.4, 0.5) is 11.4 Å². The van der Waals surface area contributed by atoms with Gasteiger partial charge in [0.1, 0.15) is 5.75 Å². The molecule has 3 N–H and O–H groups in total. The van der Waals surface area contributed by atoms with Gasteiger partial charge in [-0.3, -0.25) is 0 Å². The van der Waals surface area contributed by atoms with E-state index >= 15 is 0 Å². The first-order valence-electron chi connectivity index (χ1n) is 6.48. The summed E-state index contributed by atoms with van der Waals surface area (Å²) in [7, 11) is 3.56. The number of nitrogens with two attached hydrogens (primary N) is 1. The first-order valence-corrected chi connectivity index (χ1v) is 6.48. The third kappa shape index (κ3) is 3.52. The molecule has 1 aromatic rings. The van der Waals surface area contributed by atoms with Crippen LogP contribution < -0.4 is 15.4 Å². The number of likely N-dealkylation sites (N-methyl/N-ethyl adjacent to an activating group) is 1. The molecule has 1 aromatic carbocycles. The number of methoxy groups -OCH3 is 1. The van der Waals surface area contributed by atoms with Crippen LogP contribution in [0.1, 0.15) is 12.8 Å². The van der Waals surface area contributed by atoms with Gasteiger partial charge in [-0.2, -0.15) is 0 Å². The van der Waals surface area contributed by atoms with Crippen LogP contribution in [0.2, 0.25) is 0 Å². The van der Waals surface area contributed by atoms with E-state index in [1.807, 2.05) is 24.1 Å². The van der Waals surface area contributed by atoms with Gasteiger partial charge in [0, 0.05) is 63.2 Å². The van der Waals surface area contributed by atoms with Crippen molar-refractivity contribution in [1.82, 2.24) is 0 Å². The fraction of sp³-hybridized carbons (Fsp3) is 0.571. The second-order valence-corrected chi connectivity index (χ2v) is 5.16. The van der Waals surface area contributed by atoms with E-state index in [2.05, 4.69) is 0 Å². The standard InChI is InChI=1S/C14H22N2O3/c1-16(10-14(17)3-5-19-6-4-14)12-7-11(15)8-13(9-12)18-2/h7-9,17H,3-6,10,15H2,1-2H3. The molecule has 5 nitrogen and oxygen atoms in total. The van der Waals surface area contributed by atoms with Crippen LogP contribution in [0.3, 0.4) is 0 Å². The van der Waals surface area contributed by atoms with Crippen molar-refractivity contribution in [2.24, 2.45) is 0 Å². The van der Waals surface area contributed by atoms with Crippen LogP contribution in [0, 0.1) is 0 Å². The Bertz CT molecular complexity index is 431. The minimum absolute atomic E-state index is 0.558. The summed E-state index contributed by atoms with van der Waals surface area (Å²) in [5, 5.41) is 10.5. The maximum Gasteiger partial charge on any atom is 0.122 e. The third-order valence-corrected chi connectivity index (χ3v) is 3.55. The van der Waals surface area contributed by atoms with E-state index in [0.29, 0.717) is 38.3 Å². The van der Waals surface area contributed by atoms with Gasteiger partial charge < -0.3 is 25.2 Å². The lowest BCUT2D eigenvalue weighted by atomic mass is 9.94. The van der Waals surface area contributed by atoms with Gasteiger partial charge in [-0.15, -0.1) is 0 Å². The van der Waals surface area contributed by atoms with Crippen molar-refractivity contribution in [3.63, 3.8) is 0 Å². The van der Waals surface area contributed by atoms with Gasteiger partial charge >= 0.3 is 0 Å². The Kier molecular flexibility index (Phi) is 4.17. The lowest BCUT2D eigenvalue weighted by molar-refractivity contribution is -0.0572. The second-order valence-electron chi connectivity index (χ2n) is 5.16. The molecule has 19 heavy (non-hydrogen) atoms. The Hall–Kier alpha value is -1.46. The molecule has 0 bridgehead atoms. The quantitative estimate of drug-likeness (QED) is 0.803. The Labute approximate surface area is 113 Å². The highest BCUT2D eigenvalue weighted by molar-refractivity contribution is 5.60. The first kappa shape index (κ1) is 14.0. The van der Waals surface area contributed by atoms with Crippen molar-refractivity contribution < 1.29 is 14.6 Å². The predicted octanol–water partition coefficient (Wildman–Crippen LogP) is 1.26. The van der Waals surface area contributed by atoms with Gasteiger partial charge in [-0.05, 0) is 6.07 Å². The summed E-state index contributed by atoms with van der Waals surface area (Å²) in [6, 6.07) is 5.57. The highest BCUT2D eigenvalue weighted by atomic mass is 16.5. The van der Waals surface area contributed by atoms with Crippen molar-refractivity contribution in [1.29, 1.82) is 0 Å². The zero-order chi connectivity index (χ0) is 13.9. The van der Waals surface area contributed by atoms with Gasteiger partial charge in [0.15, 0.2) is 0 Å². The van der Waals surface area contributed by atoms with Gasteiger partial charge in [0.2, 0.25) is 0 Å². The Morgan fingerprint density at radius 2 is 2.05 bits per heavy atom. The molecule has 0 amide bonds. The molecule has 0 radical (unpaired) electrons. The van der Waals surface area contributed by atoms with Gasteiger partial charge in [0.25, 0.3) is 0 Å². The zero-order valence-corrected chi connectivity index (χ0v) is 11.6. The molecule has 0 unspecified atom stereocenters. The summed E-state index contributed by atoms with van der Waals surface area (Å²) >= 11 is 0. The monoisotopic (exact) mass is 266 g/mol. The maximum atomic E-state index is 10.5. The molecule has 106 valence electrons. The first-order chi connectivity index (χ1) is 9.02. The largest absolute Gasteiger partial charge is 0.497 e. The number of aliphatic hydroxyl groups is 1. The summed E-state index contributed by atoms with van der Waals surface area (Å²) in [6.07, 6.45) is 1.33. The van der Waals surface area contributed by atoms with Crippen molar-refractivity contribution in [2.45, 2.75) is 18.4 Å². The highest BCUT2D eigenvalue weighted by Gasteiger charge is 2.31. The molecular weight excluding hydrogens is 244 g/mol. The van der Waals surface area contributed by atoms with E-state index in [-0.39, 0.29) is 0 Å². The Morgan fingerprint density at radius 3 is 2.68 bits per heavy atom. The molecule has 1 saturated heterocycles. The van der Waals surface area contributed by atoms with Gasteiger partial charge in [-0.25, -0.2) is 0 Å². The molecular formula is C14H22N2O3. The third-order valence-electron chi connectivity index (χ3n) is 3.55. The SMILES string of the molecule is COc1cc(N)cc(N(C)CC2(O)CCOCC2)c1. The van der Waals surface area contributed by atoms with E-state index in [0.717, 1.165) is 11.4 Å². The molecule has 5 heteroatoms. The van der Waals surface area contributed by atoms with Crippen LogP contribution in [0.5, 0.6) is 5.75 Å². The highest BCUT2D eigenvalue weighted by Crippen LogP contribution is 2.28. The summed E-state index contributed by atoms with van der Waals surface area (Å²) in [5.74, 6) is 0.723. The number of ether oxygens (including phenoxy) is 2. The topological polar surface area (TPSA) is 68.0 Å².